The number of nitrogens with one attached hydrogen (secondary N) is 1. The van der Waals surface area contributed by atoms with Crippen LogP contribution in [0.25, 0.3) is 11.3 Å². The Balaban J connectivity index is 1.42. The van der Waals surface area contributed by atoms with Gasteiger partial charge in [0.05, 0.1) is 12.4 Å². The van der Waals surface area contributed by atoms with Gasteiger partial charge in [-0.2, -0.15) is 9.90 Å². The van der Waals surface area contributed by atoms with Crippen LogP contribution >= 0.6 is 11.6 Å². The van der Waals surface area contributed by atoms with E-state index in [0.29, 0.717) is 33.9 Å². The topological polar surface area (TPSA) is 121 Å². The zero-order valence-corrected chi connectivity index (χ0v) is 23.8. The number of benzene rings is 1. The van der Waals surface area contributed by atoms with E-state index in [-0.39, 0.29) is 29.2 Å². The summed E-state index contributed by atoms with van der Waals surface area (Å²) in [7, 11) is -1.97. The van der Waals surface area contributed by atoms with Gasteiger partial charge in [0.25, 0.3) is 5.91 Å². The van der Waals surface area contributed by atoms with E-state index >= 15 is 0 Å². The van der Waals surface area contributed by atoms with Crippen LogP contribution in [0, 0.1) is 6.92 Å². The molecule has 10 nitrogen and oxygen atoms in total. The zero-order valence-electron chi connectivity index (χ0n) is 22.0. The molecule has 1 unspecified atom stereocenters. The number of aromatic nitrogens is 5. The first-order chi connectivity index (χ1) is 17.3. The third-order valence-electron chi connectivity index (χ3n) is 6.31. The van der Waals surface area contributed by atoms with Crippen molar-refractivity contribution in [3.63, 3.8) is 0 Å². The summed E-state index contributed by atoms with van der Waals surface area (Å²) in [5.74, 6) is 1.55. The predicted octanol–water partition coefficient (Wildman–Crippen LogP) is 6.27. The lowest BCUT2D eigenvalue weighted by atomic mass is 10.1. The van der Waals surface area contributed by atoms with Gasteiger partial charge >= 0.3 is 0 Å². The number of anilines is 1. The maximum Gasteiger partial charge on any atom is 0.279 e. The molecule has 4 rings (SSSR count). The first-order valence-corrected chi connectivity index (χ1v) is 15.2. The van der Waals surface area contributed by atoms with Crippen LogP contribution in [0.15, 0.2) is 45.5 Å². The highest BCUT2D eigenvalue weighted by atomic mass is 35.5. The summed E-state index contributed by atoms with van der Waals surface area (Å²) in [5, 5.41) is 11.9. The second kappa shape index (κ2) is 10.2. The fraction of sp³-hybridized carbons (Fsp3) is 0.400. The Bertz CT molecular complexity index is 1400. The van der Waals surface area contributed by atoms with Gasteiger partial charge in [-0.15, -0.1) is 5.10 Å². The lowest BCUT2D eigenvalue weighted by Gasteiger charge is -2.37. The predicted molar refractivity (Wildman–Crippen MR) is 142 cm³/mol. The van der Waals surface area contributed by atoms with Crippen LogP contribution in [0.4, 0.5) is 5.82 Å². The molecular weight excluding hydrogens is 512 g/mol. The van der Waals surface area contributed by atoms with Crippen LogP contribution < -0.4 is 5.32 Å². The maximum atomic E-state index is 13.0. The second-order valence-electron chi connectivity index (χ2n) is 10.3. The van der Waals surface area contributed by atoms with Gasteiger partial charge < -0.3 is 18.6 Å². The minimum atomic E-state index is -1.97. The Kier molecular flexibility index (Phi) is 7.40. The summed E-state index contributed by atoms with van der Waals surface area (Å²) < 4.78 is 17.9. The van der Waals surface area contributed by atoms with Crippen LogP contribution in [0.5, 0.6) is 0 Å². The fourth-order valence-corrected chi connectivity index (χ4v) is 4.93. The smallest absolute Gasteiger partial charge is 0.279 e. The molecule has 0 fully saturated rings. The number of hydrogen-bond donors (Lipinski definition) is 1. The van der Waals surface area contributed by atoms with Gasteiger partial charge in [-0.3, -0.25) is 4.79 Å². The van der Waals surface area contributed by atoms with Crippen molar-refractivity contribution in [2.75, 3.05) is 5.32 Å². The van der Waals surface area contributed by atoms with E-state index in [2.05, 4.69) is 59.3 Å². The molecule has 0 saturated heterocycles. The number of carbonyl (C=O) groups excluding carboxylic acids is 1. The van der Waals surface area contributed by atoms with Crippen molar-refractivity contribution < 1.29 is 18.1 Å². The van der Waals surface area contributed by atoms with Gasteiger partial charge in [0.2, 0.25) is 5.89 Å². The molecule has 12 heteroatoms. The first kappa shape index (κ1) is 26.8. The summed E-state index contributed by atoms with van der Waals surface area (Å²) in [4.78, 5) is 23.0. The summed E-state index contributed by atoms with van der Waals surface area (Å²) in [6, 6.07) is 7.02. The molecule has 0 aliphatic rings. The number of halogens is 1. The number of aryl methyl sites for hydroxylation is 1. The average Bonchev–Trinajstić information content (AvgIpc) is 3.53. The van der Waals surface area contributed by atoms with E-state index < -0.39 is 14.2 Å². The molecule has 3 heterocycles. The second-order valence-corrected chi connectivity index (χ2v) is 15.5. The number of oxazole rings is 2. The first-order valence-electron chi connectivity index (χ1n) is 11.9. The molecule has 1 amide bonds. The molecule has 1 aromatic carbocycles. The van der Waals surface area contributed by atoms with E-state index in [1.54, 1.807) is 37.4 Å². The Morgan fingerprint density at radius 3 is 2.70 bits per heavy atom. The molecule has 0 aliphatic carbocycles. The third kappa shape index (κ3) is 6.17. The molecule has 0 aliphatic heterocycles. The number of hydrogen-bond acceptors (Lipinski definition) is 8. The van der Waals surface area contributed by atoms with Crippen LogP contribution in [0.1, 0.15) is 61.8 Å². The van der Waals surface area contributed by atoms with Gasteiger partial charge in [0.1, 0.15) is 18.4 Å². The monoisotopic (exact) mass is 542 g/mol. The molecule has 1 atom stereocenters. The van der Waals surface area contributed by atoms with Crippen molar-refractivity contribution in [2.45, 2.75) is 65.4 Å². The SMILES string of the molecule is Cc1nc(C(=O)Nc2cnn(Cc3cnc(C(C)O[Si](C)(C)C(C)(C)C)o3)n2)c(-c2cccc(Cl)c2)o1. The quantitative estimate of drug-likeness (QED) is 0.259. The summed E-state index contributed by atoms with van der Waals surface area (Å²) in [6.45, 7) is 14.8. The standard InChI is InChI=1S/C25H31ClN6O4Si/c1-15(36-37(6,7)25(3,4)5)24-27-12-19(35-24)14-32-28-13-20(31-32)30-23(33)21-22(34-16(2)29-21)17-9-8-10-18(26)11-17/h8-13,15H,14H2,1-7H3,(H,30,31,33). The molecule has 196 valence electrons. The van der Waals surface area contributed by atoms with Crippen molar-refractivity contribution in [1.82, 2.24) is 25.0 Å². The summed E-state index contributed by atoms with van der Waals surface area (Å²) in [5.41, 5.74) is 0.778. The zero-order chi connectivity index (χ0) is 27.0. The van der Waals surface area contributed by atoms with Gasteiger partial charge in [-0.05, 0) is 37.2 Å². The highest BCUT2D eigenvalue weighted by molar-refractivity contribution is 6.74. The molecule has 0 spiro atoms. The maximum absolute atomic E-state index is 13.0. The Labute approximate surface area is 221 Å². The van der Waals surface area contributed by atoms with Gasteiger partial charge in [-0.25, -0.2) is 9.97 Å². The van der Waals surface area contributed by atoms with E-state index in [4.69, 9.17) is 24.9 Å². The summed E-state index contributed by atoms with van der Waals surface area (Å²) >= 11 is 6.10. The number of carbonyl (C=O) groups is 1. The van der Waals surface area contributed by atoms with Crippen LogP contribution in [-0.4, -0.2) is 39.2 Å². The number of nitrogens with zero attached hydrogens (tertiary/aromatic N) is 5. The van der Waals surface area contributed by atoms with Crippen molar-refractivity contribution in [1.29, 1.82) is 0 Å². The van der Waals surface area contributed by atoms with Gasteiger partial charge in [0.15, 0.2) is 31.5 Å². The minimum absolute atomic E-state index is 0.0794. The molecule has 1 N–H and O–H groups in total. The van der Waals surface area contributed by atoms with Crippen molar-refractivity contribution in [2.24, 2.45) is 0 Å². The van der Waals surface area contributed by atoms with E-state index in [9.17, 15) is 4.79 Å². The Morgan fingerprint density at radius 1 is 1.24 bits per heavy atom. The lowest BCUT2D eigenvalue weighted by molar-refractivity contribution is 0.102. The normalized spacial score (nSPS) is 13.1. The Morgan fingerprint density at radius 2 is 2.00 bits per heavy atom. The van der Waals surface area contributed by atoms with Crippen molar-refractivity contribution >= 4 is 31.6 Å². The minimum Gasteiger partial charge on any atom is -0.441 e. The molecule has 4 aromatic rings. The van der Waals surface area contributed by atoms with Crippen LogP contribution in [0.3, 0.4) is 0 Å². The van der Waals surface area contributed by atoms with Crippen molar-refractivity contribution in [3.05, 3.63) is 64.9 Å². The highest BCUT2D eigenvalue weighted by Gasteiger charge is 2.39. The molecule has 3 aromatic heterocycles. The highest BCUT2D eigenvalue weighted by Crippen LogP contribution is 2.39. The van der Waals surface area contributed by atoms with E-state index in [1.807, 2.05) is 6.92 Å². The Hall–Kier alpha value is -3.28. The molecule has 0 saturated carbocycles. The molecule has 0 bridgehead atoms. The van der Waals surface area contributed by atoms with Crippen molar-refractivity contribution in [3.8, 4) is 11.3 Å². The van der Waals surface area contributed by atoms with Gasteiger partial charge in [0, 0.05) is 17.5 Å². The number of amides is 1. The third-order valence-corrected chi connectivity index (χ3v) is 11.1. The molecule has 0 radical (unpaired) electrons. The van der Waals surface area contributed by atoms with E-state index in [0.717, 1.165) is 0 Å². The summed E-state index contributed by atoms with van der Waals surface area (Å²) in [6.07, 6.45) is 2.82. The fourth-order valence-electron chi connectivity index (χ4n) is 3.40. The van der Waals surface area contributed by atoms with Crippen LogP contribution in [0.2, 0.25) is 23.2 Å². The molecular formula is C25H31ClN6O4Si. The van der Waals surface area contributed by atoms with E-state index in [1.165, 1.54) is 11.0 Å². The van der Waals surface area contributed by atoms with Crippen LogP contribution in [-0.2, 0) is 11.0 Å². The lowest BCUT2D eigenvalue weighted by Crippen LogP contribution is -2.41. The average molecular weight is 543 g/mol. The largest absolute Gasteiger partial charge is 0.441 e. The molecule has 37 heavy (non-hydrogen) atoms. The number of rotatable bonds is 8. The van der Waals surface area contributed by atoms with Gasteiger partial charge in [-0.1, -0.05) is 44.5 Å².